The standard InChI is InChI=1S/C24H34F2O2/c1-3-5-15-27-22-14-12-20(23(25)24(22)26)18-8-10-19(11-9-18)21-13-7-17(6-4-2)16-28-21/h4,6,12,14,17-19,21H,3,5,7-11,13,15-16H2,1-2H3/b6-4+. The first-order chi connectivity index (χ1) is 13.6. The Morgan fingerprint density at radius 1 is 1.07 bits per heavy atom. The molecule has 2 atom stereocenters. The lowest BCUT2D eigenvalue weighted by Gasteiger charge is -2.37. The summed E-state index contributed by atoms with van der Waals surface area (Å²) in [6.45, 7) is 5.33. The third-order valence-corrected chi connectivity index (χ3v) is 6.38. The van der Waals surface area contributed by atoms with Crippen LogP contribution in [0, 0.1) is 23.5 Å². The molecule has 3 rings (SSSR count). The van der Waals surface area contributed by atoms with Gasteiger partial charge in [-0.05, 0) is 75.3 Å². The largest absolute Gasteiger partial charge is 0.490 e. The highest BCUT2D eigenvalue weighted by Crippen LogP contribution is 2.41. The van der Waals surface area contributed by atoms with E-state index in [9.17, 15) is 8.78 Å². The summed E-state index contributed by atoms with van der Waals surface area (Å²) in [7, 11) is 0. The van der Waals surface area contributed by atoms with Gasteiger partial charge in [-0.15, -0.1) is 0 Å². The summed E-state index contributed by atoms with van der Waals surface area (Å²) in [6, 6.07) is 3.32. The van der Waals surface area contributed by atoms with Crippen LogP contribution in [0.4, 0.5) is 8.78 Å². The van der Waals surface area contributed by atoms with Crippen LogP contribution in [0.15, 0.2) is 24.3 Å². The third-order valence-electron chi connectivity index (χ3n) is 6.38. The third kappa shape index (κ3) is 5.14. The minimum Gasteiger partial charge on any atom is -0.490 e. The van der Waals surface area contributed by atoms with Gasteiger partial charge in [0.2, 0.25) is 5.82 Å². The van der Waals surface area contributed by atoms with Gasteiger partial charge in [0.1, 0.15) is 0 Å². The van der Waals surface area contributed by atoms with E-state index in [-0.39, 0.29) is 11.7 Å². The quantitative estimate of drug-likeness (QED) is 0.376. The fraction of sp³-hybridized carbons (Fsp3) is 0.667. The first kappa shape index (κ1) is 21.3. The number of hydrogen-bond acceptors (Lipinski definition) is 2. The van der Waals surface area contributed by atoms with Crippen LogP contribution in [0.25, 0.3) is 0 Å². The summed E-state index contributed by atoms with van der Waals surface area (Å²) >= 11 is 0. The maximum atomic E-state index is 14.6. The van der Waals surface area contributed by atoms with Crippen LogP contribution >= 0.6 is 0 Å². The summed E-state index contributed by atoms with van der Waals surface area (Å²) in [5.41, 5.74) is 0.511. The highest BCUT2D eigenvalue weighted by Gasteiger charge is 2.33. The molecule has 0 N–H and O–H groups in total. The molecule has 1 heterocycles. The number of rotatable bonds is 7. The smallest absolute Gasteiger partial charge is 0.200 e. The summed E-state index contributed by atoms with van der Waals surface area (Å²) in [5, 5.41) is 0. The van der Waals surface area contributed by atoms with Gasteiger partial charge in [-0.1, -0.05) is 31.6 Å². The van der Waals surface area contributed by atoms with Gasteiger partial charge in [0.25, 0.3) is 0 Å². The Hall–Kier alpha value is -1.42. The van der Waals surface area contributed by atoms with E-state index in [0.29, 0.717) is 30.1 Å². The molecular formula is C24H34F2O2. The lowest BCUT2D eigenvalue weighted by molar-refractivity contribution is -0.0471. The van der Waals surface area contributed by atoms with Crippen molar-refractivity contribution in [1.82, 2.24) is 0 Å². The molecule has 2 nitrogen and oxygen atoms in total. The lowest BCUT2D eigenvalue weighted by atomic mass is 9.75. The highest BCUT2D eigenvalue weighted by atomic mass is 19.2. The van der Waals surface area contributed by atoms with Gasteiger partial charge in [-0.3, -0.25) is 0 Å². The molecule has 1 aliphatic heterocycles. The van der Waals surface area contributed by atoms with Crippen LogP contribution in [-0.4, -0.2) is 19.3 Å². The van der Waals surface area contributed by atoms with Crippen molar-refractivity contribution in [3.8, 4) is 5.75 Å². The topological polar surface area (TPSA) is 18.5 Å². The zero-order valence-corrected chi connectivity index (χ0v) is 17.3. The van der Waals surface area contributed by atoms with E-state index >= 15 is 0 Å². The van der Waals surface area contributed by atoms with E-state index in [0.717, 1.165) is 51.6 Å². The Bertz CT molecular complexity index is 642. The van der Waals surface area contributed by atoms with Gasteiger partial charge in [0.05, 0.1) is 19.3 Å². The van der Waals surface area contributed by atoms with Crippen molar-refractivity contribution < 1.29 is 18.3 Å². The number of halogens is 2. The summed E-state index contributed by atoms with van der Waals surface area (Å²) < 4.78 is 40.5. The lowest BCUT2D eigenvalue weighted by Crippen LogP contribution is -2.33. The van der Waals surface area contributed by atoms with Crippen LogP contribution in [-0.2, 0) is 4.74 Å². The van der Waals surface area contributed by atoms with E-state index in [4.69, 9.17) is 9.47 Å². The molecule has 4 heteroatoms. The molecule has 28 heavy (non-hydrogen) atoms. The first-order valence-electron chi connectivity index (χ1n) is 11.0. The molecule has 1 saturated heterocycles. The zero-order chi connectivity index (χ0) is 19.9. The van der Waals surface area contributed by atoms with E-state index in [1.54, 1.807) is 12.1 Å². The molecule has 0 spiro atoms. The molecule has 0 bridgehead atoms. The van der Waals surface area contributed by atoms with Gasteiger partial charge in [-0.2, -0.15) is 4.39 Å². The van der Waals surface area contributed by atoms with Crippen molar-refractivity contribution >= 4 is 0 Å². The van der Waals surface area contributed by atoms with Crippen molar-refractivity contribution in [3.63, 3.8) is 0 Å². The molecule has 1 aromatic rings. The zero-order valence-electron chi connectivity index (χ0n) is 17.3. The van der Waals surface area contributed by atoms with Crippen LogP contribution in [0.2, 0.25) is 0 Å². The number of hydrogen-bond donors (Lipinski definition) is 0. The SMILES string of the molecule is C/C=C/C1CCC(C2CCC(c3ccc(OCCCC)c(F)c3F)CC2)OC1. The Kier molecular flexibility index (Phi) is 7.90. The number of ether oxygens (including phenoxy) is 2. The Balaban J connectivity index is 1.54. The minimum absolute atomic E-state index is 0.0367. The predicted molar refractivity (Wildman–Crippen MR) is 109 cm³/mol. The van der Waals surface area contributed by atoms with E-state index in [2.05, 4.69) is 19.1 Å². The Morgan fingerprint density at radius 2 is 1.86 bits per heavy atom. The van der Waals surface area contributed by atoms with Gasteiger partial charge in [-0.25, -0.2) is 4.39 Å². The Morgan fingerprint density at radius 3 is 2.50 bits per heavy atom. The van der Waals surface area contributed by atoms with Crippen molar-refractivity contribution in [3.05, 3.63) is 41.5 Å². The second kappa shape index (κ2) is 10.4. The van der Waals surface area contributed by atoms with E-state index < -0.39 is 11.6 Å². The fourth-order valence-corrected chi connectivity index (χ4v) is 4.69. The molecule has 2 fully saturated rings. The molecule has 1 saturated carbocycles. The average Bonchev–Trinajstić information content (AvgIpc) is 2.72. The summed E-state index contributed by atoms with van der Waals surface area (Å²) in [4.78, 5) is 0. The molecule has 0 radical (unpaired) electrons. The molecule has 156 valence electrons. The minimum atomic E-state index is -0.832. The van der Waals surface area contributed by atoms with Gasteiger partial charge in [0.15, 0.2) is 11.6 Å². The van der Waals surface area contributed by atoms with Gasteiger partial charge >= 0.3 is 0 Å². The number of benzene rings is 1. The maximum absolute atomic E-state index is 14.6. The molecule has 2 aliphatic rings. The average molecular weight is 393 g/mol. The van der Waals surface area contributed by atoms with Crippen LogP contribution in [0.5, 0.6) is 5.75 Å². The molecule has 0 amide bonds. The van der Waals surface area contributed by atoms with Crippen molar-refractivity contribution in [2.24, 2.45) is 11.8 Å². The maximum Gasteiger partial charge on any atom is 0.200 e. The second-order valence-corrected chi connectivity index (χ2v) is 8.33. The van der Waals surface area contributed by atoms with E-state index in [1.165, 1.54) is 6.42 Å². The Labute approximate surface area is 168 Å². The van der Waals surface area contributed by atoms with Gasteiger partial charge in [0, 0.05) is 5.92 Å². The van der Waals surface area contributed by atoms with Crippen molar-refractivity contribution in [1.29, 1.82) is 0 Å². The molecular weight excluding hydrogens is 358 g/mol. The van der Waals surface area contributed by atoms with Crippen LogP contribution < -0.4 is 4.74 Å². The predicted octanol–water partition coefficient (Wildman–Crippen LogP) is 6.79. The monoisotopic (exact) mass is 392 g/mol. The molecule has 0 aromatic heterocycles. The number of allylic oxidation sites excluding steroid dienone is 1. The summed E-state index contributed by atoms with van der Waals surface area (Å²) in [5.74, 6) is -0.327. The van der Waals surface area contributed by atoms with Crippen molar-refractivity contribution in [2.75, 3.05) is 13.2 Å². The highest BCUT2D eigenvalue weighted by molar-refractivity contribution is 5.33. The summed E-state index contributed by atoms with van der Waals surface area (Å²) in [6.07, 6.45) is 12.6. The van der Waals surface area contributed by atoms with Crippen molar-refractivity contribution in [2.45, 2.75) is 77.2 Å². The first-order valence-corrected chi connectivity index (χ1v) is 11.0. The second-order valence-electron chi connectivity index (χ2n) is 8.33. The van der Waals surface area contributed by atoms with Crippen LogP contribution in [0.1, 0.15) is 76.7 Å². The van der Waals surface area contributed by atoms with E-state index in [1.807, 2.05) is 6.92 Å². The normalized spacial score (nSPS) is 28.6. The molecule has 1 aliphatic carbocycles. The fourth-order valence-electron chi connectivity index (χ4n) is 4.69. The number of unbranched alkanes of at least 4 members (excludes halogenated alkanes) is 1. The van der Waals surface area contributed by atoms with Gasteiger partial charge < -0.3 is 9.47 Å². The molecule has 2 unspecified atom stereocenters. The molecule has 1 aromatic carbocycles. The van der Waals surface area contributed by atoms with Crippen LogP contribution in [0.3, 0.4) is 0 Å².